The first-order chi connectivity index (χ1) is 9.79. The number of nitrogens with one attached hydrogen (secondary N) is 1. The summed E-state index contributed by atoms with van der Waals surface area (Å²) >= 11 is 6.78. The molecule has 3 rings (SSSR count). The van der Waals surface area contributed by atoms with E-state index < -0.39 is 0 Å². The van der Waals surface area contributed by atoms with Crippen LogP contribution in [0.5, 0.6) is 0 Å². The zero-order valence-electron chi connectivity index (χ0n) is 10.8. The molecule has 0 unspecified atom stereocenters. The lowest BCUT2D eigenvalue weighted by Crippen LogP contribution is -2.13. The van der Waals surface area contributed by atoms with Crippen molar-refractivity contribution < 1.29 is 0 Å². The molecule has 0 spiro atoms. The van der Waals surface area contributed by atoms with Gasteiger partial charge in [-0.05, 0) is 46.4 Å². The Hall–Kier alpha value is -0.890. The van der Waals surface area contributed by atoms with Gasteiger partial charge in [-0.15, -0.1) is 11.3 Å². The summed E-state index contributed by atoms with van der Waals surface area (Å²) in [7, 11) is 0. The van der Waals surface area contributed by atoms with Crippen LogP contribution in [0, 0.1) is 0 Å². The van der Waals surface area contributed by atoms with Gasteiger partial charge in [-0.2, -0.15) is 0 Å². The minimum atomic E-state index is 0.807. The van der Waals surface area contributed by atoms with Gasteiger partial charge in [0, 0.05) is 24.3 Å². The van der Waals surface area contributed by atoms with Crippen molar-refractivity contribution in [1.29, 1.82) is 0 Å². The van der Waals surface area contributed by atoms with Gasteiger partial charge in [-0.3, -0.25) is 4.40 Å². The smallest absolute Gasteiger partial charge is 0.194 e. The number of thiazole rings is 1. The topological polar surface area (TPSA) is 42.2 Å². The van der Waals surface area contributed by atoms with Gasteiger partial charge < -0.3 is 5.32 Å². The highest BCUT2D eigenvalue weighted by Gasteiger charge is 2.15. The maximum Gasteiger partial charge on any atom is 0.194 e. The van der Waals surface area contributed by atoms with Crippen molar-refractivity contribution in [1.82, 2.24) is 19.7 Å². The number of imidazole rings is 1. The summed E-state index contributed by atoms with van der Waals surface area (Å²) in [5.41, 5.74) is 1.19. The molecule has 0 amide bonds. The minimum Gasteiger partial charge on any atom is -0.311 e. The summed E-state index contributed by atoms with van der Waals surface area (Å²) in [5.74, 6) is 0. The molecule has 0 aliphatic carbocycles. The van der Waals surface area contributed by atoms with Gasteiger partial charge in [-0.25, -0.2) is 9.97 Å². The number of halogens is 1. The Balaban J connectivity index is 1.97. The highest BCUT2D eigenvalue weighted by Crippen LogP contribution is 2.34. The molecule has 0 radical (unpaired) electrons. The molecule has 0 bridgehead atoms. The van der Waals surface area contributed by atoms with Crippen LogP contribution in [-0.4, -0.2) is 20.9 Å². The fourth-order valence-corrected chi connectivity index (χ4v) is 4.01. The molecular weight excluding hydrogens is 356 g/mol. The van der Waals surface area contributed by atoms with Crippen molar-refractivity contribution in [2.75, 3.05) is 6.54 Å². The number of pyridine rings is 1. The average Bonchev–Trinajstić information content (AvgIpc) is 3.00. The van der Waals surface area contributed by atoms with Gasteiger partial charge in [0.2, 0.25) is 0 Å². The molecule has 0 aromatic carbocycles. The predicted octanol–water partition coefficient (Wildman–Crippen LogP) is 3.81. The van der Waals surface area contributed by atoms with E-state index in [1.807, 2.05) is 12.1 Å². The van der Waals surface area contributed by atoms with Gasteiger partial charge in [0.25, 0.3) is 0 Å². The molecule has 1 N–H and O–H groups in total. The fraction of sp³-hybridized carbons (Fsp3) is 0.231. The maximum atomic E-state index is 4.71. The second kappa shape index (κ2) is 6.26. The van der Waals surface area contributed by atoms with E-state index in [1.165, 1.54) is 5.69 Å². The number of hydrogen-bond donors (Lipinski definition) is 1. The third-order valence-electron chi connectivity index (χ3n) is 2.78. The van der Waals surface area contributed by atoms with E-state index in [2.05, 4.69) is 49.1 Å². The molecule has 0 aliphatic rings. The monoisotopic (exact) mass is 368 g/mol. The highest BCUT2D eigenvalue weighted by atomic mass is 79.9. The fourth-order valence-electron chi connectivity index (χ4n) is 1.84. The molecule has 0 saturated heterocycles. The number of fused-ring (bicyclic) bond motifs is 1. The minimum absolute atomic E-state index is 0.807. The number of hydrogen-bond acceptors (Lipinski definition) is 5. The summed E-state index contributed by atoms with van der Waals surface area (Å²) < 4.78 is 3.14. The van der Waals surface area contributed by atoms with Crippen molar-refractivity contribution >= 4 is 44.0 Å². The molecule has 3 aromatic heterocycles. The Kier molecular flexibility index (Phi) is 4.40. The van der Waals surface area contributed by atoms with Crippen molar-refractivity contribution in [3.8, 4) is 0 Å². The largest absolute Gasteiger partial charge is 0.311 e. The average molecular weight is 369 g/mol. The van der Waals surface area contributed by atoms with Crippen molar-refractivity contribution in [3.63, 3.8) is 0 Å². The highest BCUT2D eigenvalue weighted by molar-refractivity contribution is 9.10. The van der Waals surface area contributed by atoms with Crippen LogP contribution in [0.15, 0.2) is 44.4 Å². The Morgan fingerprint density at radius 3 is 3.15 bits per heavy atom. The van der Waals surface area contributed by atoms with Crippen LogP contribution in [0.1, 0.15) is 12.6 Å². The van der Waals surface area contributed by atoms with E-state index in [1.54, 1.807) is 29.3 Å². The summed E-state index contributed by atoms with van der Waals surface area (Å²) in [5, 5.41) is 7.38. The first kappa shape index (κ1) is 14.1. The Morgan fingerprint density at radius 1 is 1.45 bits per heavy atom. The van der Waals surface area contributed by atoms with Crippen LogP contribution in [0.3, 0.4) is 0 Å². The van der Waals surface area contributed by atoms with Crippen molar-refractivity contribution in [2.24, 2.45) is 0 Å². The van der Waals surface area contributed by atoms with E-state index >= 15 is 0 Å². The first-order valence-corrected chi connectivity index (χ1v) is 8.72. The van der Waals surface area contributed by atoms with Gasteiger partial charge in [0.1, 0.15) is 10.1 Å². The zero-order chi connectivity index (χ0) is 13.9. The third kappa shape index (κ3) is 2.76. The van der Waals surface area contributed by atoms with Crippen molar-refractivity contribution in [3.05, 3.63) is 40.1 Å². The standard InChI is InChI=1S/C13H13BrN4S2/c1-2-15-8-10-12(17-13-18(10)6-7-19-13)20-11-9(14)4-3-5-16-11/h3-7,15H,2,8H2,1H3. The third-order valence-corrected chi connectivity index (χ3v) is 5.48. The normalized spacial score (nSPS) is 11.3. The lowest BCUT2D eigenvalue weighted by Gasteiger charge is -2.05. The molecule has 104 valence electrons. The summed E-state index contributed by atoms with van der Waals surface area (Å²) in [6, 6.07) is 3.91. The number of nitrogens with zero attached hydrogens (tertiary/aromatic N) is 3. The molecule has 0 atom stereocenters. The Bertz CT molecular complexity index is 722. The Morgan fingerprint density at radius 2 is 2.35 bits per heavy atom. The lowest BCUT2D eigenvalue weighted by molar-refractivity contribution is 0.694. The van der Waals surface area contributed by atoms with E-state index in [4.69, 9.17) is 4.98 Å². The molecule has 3 heterocycles. The summed E-state index contributed by atoms with van der Waals surface area (Å²) in [6.45, 7) is 3.85. The molecule has 0 saturated carbocycles. The van der Waals surface area contributed by atoms with Crippen molar-refractivity contribution in [2.45, 2.75) is 23.5 Å². The van der Waals surface area contributed by atoms with E-state index in [9.17, 15) is 0 Å². The molecule has 20 heavy (non-hydrogen) atoms. The quantitative estimate of drug-likeness (QED) is 0.743. The summed E-state index contributed by atoms with van der Waals surface area (Å²) in [4.78, 5) is 10.1. The van der Waals surface area contributed by atoms with Crippen LogP contribution in [0.4, 0.5) is 0 Å². The second-order valence-corrected chi connectivity index (χ2v) is 6.80. The summed E-state index contributed by atoms with van der Waals surface area (Å²) in [6.07, 6.45) is 3.87. The maximum absolute atomic E-state index is 4.71. The van der Waals surface area contributed by atoms with Gasteiger partial charge in [0.15, 0.2) is 4.96 Å². The lowest BCUT2D eigenvalue weighted by atomic mass is 10.4. The number of rotatable bonds is 5. The number of aromatic nitrogens is 3. The van der Waals surface area contributed by atoms with Crippen LogP contribution < -0.4 is 5.32 Å². The molecule has 0 fully saturated rings. The Labute approximate surface area is 133 Å². The molecular formula is C13H13BrN4S2. The SMILES string of the molecule is CCNCc1c(Sc2ncccc2Br)nc2sccn12. The van der Waals surface area contributed by atoms with Crippen LogP contribution in [0.25, 0.3) is 4.96 Å². The first-order valence-electron chi connectivity index (χ1n) is 6.23. The van der Waals surface area contributed by atoms with Crippen LogP contribution in [-0.2, 0) is 6.54 Å². The van der Waals surface area contributed by atoms with Crippen LogP contribution >= 0.6 is 39.0 Å². The van der Waals surface area contributed by atoms with E-state index in [0.717, 1.165) is 32.6 Å². The van der Waals surface area contributed by atoms with E-state index in [0.29, 0.717) is 0 Å². The van der Waals surface area contributed by atoms with Crippen LogP contribution in [0.2, 0.25) is 0 Å². The molecule has 3 aromatic rings. The van der Waals surface area contributed by atoms with Gasteiger partial charge in [0.05, 0.1) is 10.2 Å². The molecule has 7 heteroatoms. The zero-order valence-corrected chi connectivity index (χ0v) is 14.1. The molecule has 0 aliphatic heterocycles. The second-order valence-electron chi connectivity index (χ2n) is 4.09. The van der Waals surface area contributed by atoms with Gasteiger partial charge >= 0.3 is 0 Å². The predicted molar refractivity (Wildman–Crippen MR) is 86.5 cm³/mol. The molecule has 4 nitrogen and oxygen atoms in total. The van der Waals surface area contributed by atoms with E-state index in [-0.39, 0.29) is 0 Å². The van der Waals surface area contributed by atoms with Gasteiger partial charge in [-0.1, -0.05) is 6.92 Å².